The first-order valence-corrected chi connectivity index (χ1v) is 11.1. The third kappa shape index (κ3) is 2.86. The van der Waals surface area contributed by atoms with E-state index in [4.69, 9.17) is 10.5 Å². The van der Waals surface area contributed by atoms with Crippen LogP contribution in [0.3, 0.4) is 0 Å². The zero-order valence-electron chi connectivity index (χ0n) is 16.0. The van der Waals surface area contributed by atoms with Gasteiger partial charge in [0.2, 0.25) is 15.7 Å². The van der Waals surface area contributed by atoms with Crippen LogP contribution in [0.1, 0.15) is 17.0 Å². The molecule has 5 heteroatoms. The van der Waals surface area contributed by atoms with Gasteiger partial charge in [-0.25, -0.2) is 8.42 Å². The van der Waals surface area contributed by atoms with Crippen LogP contribution < -0.4 is 10.5 Å². The Morgan fingerprint density at radius 1 is 0.733 bits per heavy atom. The number of benzene rings is 4. The van der Waals surface area contributed by atoms with Crippen molar-refractivity contribution < 1.29 is 13.2 Å². The second-order valence-electron chi connectivity index (χ2n) is 7.20. The predicted molar refractivity (Wildman–Crippen MR) is 118 cm³/mol. The van der Waals surface area contributed by atoms with Crippen molar-refractivity contribution in [3.63, 3.8) is 0 Å². The van der Waals surface area contributed by atoms with Crippen LogP contribution in [0, 0.1) is 0 Å². The highest BCUT2D eigenvalue weighted by Crippen LogP contribution is 2.48. The highest BCUT2D eigenvalue weighted by Gasteiger charge is 2.39. The molecule has 0 saturated heterocycles. The first-order valence-electron chi connectivity index (χ1n) is 9.61. The zero-order chi connectivity index (χ0) is 20.7. The van der Waals surface area contributed by atoms with Gasteiger partial charge in [-0.1, -0.05) is 84.9 Å². The van der Waals surface area contributed by atoms with E-state index in [2.05, 4.69) is 0 Å². The van der Waals surface area contributed by atoms with Crippen LogP contribution >= 0.6 is 0 Å². The molecule has 5 rings (SSSR count). The molecule has 1 aliphatic rings. The second kappa shape index (κ2) is 7.04. The average molecular weight is 413 g/mol. The quantitative estimate of drug-likeness (QED) is 0.515. The van der Waals surface area contributed by atoms with Gasteiger partial charge < -0.3 is 10.5 Å². The summed E-state index contributed by atoms with van der Waals surface area (Å²) < 4.78 is 33.3. The number of rotatable bonds is 3. The molecule has 0 spiro atoms. The van der Waals surface area contributed by atoms with Gasteiger partial charge in [0.05, 0.1) is 10.8 Å². The van der Waals surface area contributed by atoms with Gasteiger partial charge in [-0.2, -0.15) is 0 Å². The number of sulfone groups is 1. The van der Waals surface area contributed by atoms with E-state index in [0.29, 0.717) is 5.75 Å². The molecule has 0 aliphatic carbocycles. The molecular weight excluding hydrogens is 394 g/mol. The average Bonchev–Trinajstić information content (AvgIpc) is 2.79. The molecule has 30 heavy (non-hydrogen) atoms. The lowest BCUT2D eigenvalue weighted by atomic mass is 9.87. The molecule has 1 atom stereocenters. The van der Waals surface area contributed by atoms with Crippen LogP contribution in [0.15, 0.2) is 113 Å². The van der Waals surface area contributed by atoms with E-state index in [0.717, 1.165) is 21.9 Å². The molecule has 2 N–H and O–H groups in total. The van der Waals surface area contributed by atoms with E-state index >= 15 is 0 Å². The Morgan fingerprint density at radius 2 is 1.37 bits per heavy atom. The third-order valence-electron chi connectivity index (χ3n) is 5.41. The van der Waals surface area contributed by atoms with Gasteiger partial charge in [-0.15, -0.1) is 0 Å². The summed E-state index contributed by atoms with van der Waals surface area (Å²) in [5.41, 5.74) is 7.94. The minimum absolute atomic E-state index is 0.0719. The molecule has 0 saturated carbocycles. The Morgan fingerprint density at radius 3 is 2.10 bits per heavy atom. The van der Waals surface area contributed by atoms with Gasteiger partial charge in [0.25, 0.3) is 0 Å². The number of ether oxygens (including phenoxy) is 1. The minimum atomic E-state index is -3.87. The Labute approximate surface area is 175 Å². The van der Waals surface area contributed by atoms with Crippen molar-refractivity contribution in [3.8, 4) is 5.75 Å². The van der Waals surface area contributed by atoms with E-state index in [-0.39, 0.29) is 15.7 Å². The Hall–Kier alpha value is -3.57. The van der Waals surface area contributed by atoms with Crippen molar-refractivity contribution in [2.24, 2.45) is 5.73 Å². The van der Waals surface area contributed by atoms with E-state index < -0.39 is 15.8 Å². The minimum Gasteiger partial charge on any atom is -0.440 e. The van der Waals surface area contributed by atoms with Crippen LogP contribution in [-0.2, 0) is 9.84 Å². The van der Waals surface area contributed by atoms with Gasteiger partial charge in [0.1, 0.15) is 10.7 Å². The van der Waals surface area contributed by atoms with Crippen molar-refractivity contribution in [1.29, 1.82) is 0 Å². The molecule has 0 bridgehead atoms. The van der Waals surface area contributed by atoms with Crippen LogP contribution in [0.5, 0.6) is 5.75 Å². The lowest BCUT2D eigenvalue weighted by molar-refractivity contribution is 0.399. The van der Waals surface area contributed by atoms with E-state index in [1.807, 2.05) is 66.7 Å². The summed E-state index contributed by atoms with van der Waals surface area (Å²) in [6, 6.07) is 29.6. The predicted octanol–water partition coefficient (Wildman–Crippen LogP) is 4.97. The first-order chi connectivity index (χ1) is 14.6. The number of hydrogen-bond donors (Lipinski definition) is 1. The van der Waals surface area contributed by atoms with Crippen molar-refractivity contribution in [2.45, 2.75) is 10.8 Å². The number of nitrogens with two attached hydrogens (primary N) is 1. The second-order valence-corrected chi connectivity index (χ2v) is 9.11. The summed E-state index contributed by atoms with van der Waals surface area (Å²) in [6.07, 6.45) is 0. The summed E-state index contributed by atoms with van der Waals surface area (Å²) in [5, 5.41) is 1.90. The number of hydrogen-bond acceptors (Lipinski definition) is 4. The van der Waals surface area contributed by atoms with Crippen molar-refractivity contribution in [1.82, 2.24) is 0 Å². The summed E-state index contributed by atoms with van der Waals surface area (Å²) in [7, 11) is -3.87. The maximum atomic E-state index is 13.6. The Kier molecular flexibility index (Phi) is 4.33. The molecule has 1 heterocycles. The molecule has 4 aromatic carbocycles. The van der Waals surface area contributed by atoms with Gasteiger partial charge in [-0.05, 0) is 23.1 Å². The van der Waals surface area contributed by atoms with Crippen LogP contribution in [0.4, 0.5) is 0 Å². The van der Waals surface area contributed by atoms with E-state index in [9.17, 15) is 8.42 Å². The smallest absolute Gasteiger partial charge is 0.208 e. The first kappa shape index (κ1) is 18.5. The van der Waals surface area contributed by atoms with Crippen molar-refractivity contribution in [2.75, 3.05) is 0 Å². The maximum Gasteiger partial charge on any atom is 0.208 e. The summed E-state index contributed by atoms with van der Waals surface area (Å²) in [5.74, 6) is -0.0483. The fraction of sp³-hybridized carbons (Fsp3) is 0.0400. The largest absolute Gasteiger partial charge is 0.440 e. The molecule has 1 unspecified atom stereocenters. The van der Waals surface area contributed by atoms with Gasteiger partial charge in [0, 0.05) is 10.9 Å². The van der Waals surface area contributed by atoms with Crippen LogP contribution in [0.2, 0.25) is 0 Å². The Bertz CT molecular complexity index is 1380. The molecular formula is C25H19NO3S. The lowest BCUT2D eigenvalue weighted by Gasteiger charge is -2.30. The highest BCUT2D eigenvalue weighted by atomic mass is 32.2. The van der Waals surface area contributed by atoms with Crippen molar-refractivity contribution >= 4 is 20.6 Å². The van der Waals surface area contributed by atoms with Gasteiger partial charge >= 0.3 is 0 Å². The molecule has 148 valence electrons. The standard InChI is InChI=1S/C25H19NO3S/c26-25-24(30(27,28)19-12-5-2-6-13-19)22(18-10-3-1-4-11-18)21-16-15-17-9-7-8-14-20(17)23(21)29-25/h1-16,22H,26H2. The fourth-order valence-corrected chi connectivity index (χ4v) is 5.68. The SMILES string of the molecule is NC1=C(S(=O)(=O)c2ccccc2)C(c2ccccc2)c2ccc3ccccc3c2O1. The van der Waals surface area contributed by atoms with Crippen LogP contribution in [0.25, 0.3) is 10.8 Å². The maximum absolute atomic E-state index is 13.6. The molecule has 0 amide bonds. The normalized spacial score (nSPS) is 16.2. The van der Waals surface area contributed by atoms with Gasteiger partial charge in [0.15, 0.2) is 0 Å². The highest BCUT2D eigenvalue weighted by molar-refractivity contribution is 7.95. The zero-order valence-corrected chi connectivity index (χ0v) is 16.8. The fourth-order valence-electron chi connectivity index (χ4n) is 4.04. The number of allylic oxidation sites excluding steroid dienone is 1. The van der Waals surface area contributed by atoms with E-state index in [1.165, 1.54) is 0 Å². The number of fused-ring (bicyclic) bond motifs is 3. The molecule has 0 radical (unpaired) electrons. The summed E-state index contributed by atoms with van der Waals surface area (Å²) >= 11 is 0. The summed E-state index contributed by atoms with van der Waals surface area (Å²) in [6.45, 7) is 0. The lowest BCUT2D eigenvalue weighted by Crippen LogP contribution is -2.26. The van der Waals surface area contributed by atoms with Crippen LogP contribution in [-0.4, -0.2) is 8.42 Å². The molecule has 1 aliphatic heterocycles. The molecule has 0 fully saturated rings. The van der Waals surface area contributed by atoms with E-state index in [1.54, 1.807) is 30.3 Å². The van der Waals surface area contributed by atoms with Crippen molar-refractivity contribution in [3.05, 3.63) is 119 Å². The Balaban J connectivity index is 1.81. The third-order valence-corrected chi connectivity index (χ3v) is 7.32. The molecule has 4 nitrogen and oxygen atoms in total. The monoisotopic (exact) mass is 413 g/mol. The van der Waals surface area contributed by atoms with Gasteiger partial charge in [-0.3, -0.25) is 0 Å². The summed E-state index contributed by atoms with van der Waals surface area (Å²) in [4.78, 5) is 0.263. The topological polar surface area (TPSA) is 69.4 Å². The molecule has 0 aromatic heterocycles. The molecule has 4 aromatic rings.